The van der Waals surface area contributed by atoms with Crippen molar-refractivity contribution in [3.05, 3.63) is 87.6 Å². The van der Waals surface area contributed by atoms with Crippen molar-refractivity contribution in [2.75, 3.05) is 6.61 Å². The first-order chi connectivity index (χ1) is 13.5. The van der Waals surface area contributed by atoms with Crippen LogP contribution in [0, 0.1) is 10.1 Å². The molecule has 0 amide bonds. The van der Waals surface area contributed by atoms with E-state index in [-0.39, 0.29) is 18.3 Å². The van der Waals surface area contributed by atoms with E-state index in [1.807, 2.05) is 36.4 Å². The number of hydrogen-bond acceptors (Lipinski definition) is 6. The summed E-state index contributed by atoms with van der Waals surface area (Å²) in [5.41, 5.74) is 3.23. The Morgan fingerprint density at radius 3 is 2.71 bits per heavy atom. The Kier molecular flexibility index (Phi) is 5.84. The van der Waals surface area contributed by atoms with E-state index in [0.717, 1.165) is 16.8 Å². The number of esters is 1. The van der Waals surface area contributed by atoms with Crippen molar-refractivity contribution in [2.24, 2.45) is 5.10 Å². The molecule has 0 N–H and O–H groups in total. The first-order valence-electron chi connectivity index (χ1n) is 9.01. The van der Waals surface area contributed by atoms with Crippen molar-refractivity contribution >= 4 is 17.4 Å². The molecule has 1 aliphatic rings. The molecule has 0 saturated heterocycles. The Morgan fingerprint density at radius 1 is 1.29 bits per heavy atom. The minimum atomic E-state index is -0.443. The quantitative estimate of drug-likeness (QED) is 0.325. The predicted molar refractivity (Wildman–Crippen MR) is 106 cm³/mol. The van der Waals surface area contributed by atoms with Gasteiger partial charge in [0, 0.05) is 30.3 Å². The van der Waals surface area contributed by atoms with Crippen LogP contribution in [0.2, 0.25) is 0 Å². The minimum absolute atomic E-state index is 0.0256. The summed E-state index contributed by atoms with van der Waals surface area (Å²) in [5.74, 6) is -0.443. The number of rotatable bonds is 6. The Morgan fingerprint density at radius 2 is 2.04 bits per heavy atom. The summed E-state index contributed by atoms with van der Waals surface area (Å²) in [6, 6.07) is 16.0. The lowest BCUT2D eigenvalue weighted by molar-refractivity contribution is -0.384. The molecule has 7 heteroatoms. The average Bonchev–Trinajstić information content (AvgIpc) is 3.14. The van der Waals surface area contributed by atoms with Gasteiger partial charge in [-0.2, -0.15) is 5.10 Å². The van der Waals surface area contributed by atoms with Crippen molar-refractivity contribution in [2.45, 2.75) is 26.3 Å². The van der Waals surface area contributed by atoms with Gasteiger partial charge in [-0.05, 0) is 25.0 Å². The zero-order chi connectivity index (χ0) is 20.1. The second kappa shape index (κ2) is 8.47. The number of ether oxygens (including phenoxy) is 1. The van der Waals surface area contributed by atoms with E-state index >= 15 is 0 Å². The van der Waals surface area contributed by atoms with Crippen molar-refractivity contribution in [1.82, 2.24) is 5.01 Å². The fourth-order valence-corrected chi connectivity index (χ4v) is 3.17. The van der Waals surface area contributed by atoms with Gasteiger partial charge in [-0.3, -0.25) is 15.1 Å². The van der Waals surface area contributed by atoms with E-state index in [2.05, 4.69) is 0 Å². The zero-order valence-electron chi connectivity index (χ0n) is 15.7. The van der Waals surface area contributed by atoms with E-state index in [4.69, 9.17) is 9.84 Å². The number of allylic oxidation sites excluding steroid dienone is 1. The molecule has 2 aromatic carbocycles. The van der Waals surface area contributed by atoms with Crippen LogP contribution in [0.3, 0.4) is 0 Å². The number of benzene rings is 2. The summed E-state index contributed by atoms with van der Waals surface area (Å²) in [4.78, 5) is 22.6. The zero-order valence-corrected chi connectivity index (χ0v) is 15.7. The summed E-state index contributed by atoms with van der Waals surface area (Å²) in [6.45, 7) is 3.81. The molecule has 28 heavy (non-hydrogen) atoms. The highest BCUT2D eigenvalue weighted by Gasteiger charge is 2.31. The third kappa shape index (κ3) is 4.25. The number of hydrazone groups is 1. The number of hydrogen-bond donors (Lipinski definition) is 0. The van der Waals surface area contributed by atoms with Crippen LogP contribution < -0.4 is 0 Å². The molecule has 0 bridgehead atoms. The summed E-state index contributed by atoms with van der Waals surface area (Å²) in [6.07, 6.45) is 1.96. The van der Waals surface area contributed by atoms with Gasteiger partial charge in [0.1, 0.15) is 0 Å². The molecule has 3 rings (SSSR count). The van der Waals surface area contributed by atoms with Gasteiger partial charge in [-0.1, -0.05) is 42.5 Å². The van der Waals surface area contributed by atoms with Crippen LogP contribution in [-0.4, -0.2) is 28.2 Å². The SMILES string of the molecule is CCOC(=O)/C=C(\C)N1N=C(c2ccccc2)C[C@@H]1c1cccc([N+](=O)[O-])c1. The van der Waals surface area contributed by atoms with E-state index in [1.54, 1.807) is 31.0 Å². The molecule has 0 aliphatic carbocycles. The summed E-state index contributed by atoms with van der Waals surface area (Å²) in [5, 5.41) is 17.6. The van der Waals surface area contributed by atoms with Crippen molar-refractivity contribution in [3.8, 4) is 0 Å². The molecule has 0 fully saturated rings. The Bertz CT molecular complexity index is 938. The fourth-order valence-electron chi connectivity index (χ4n) is 3.17. The molecule has 0 saturated carbocycles. The number of nitro groups is 1. The molecule has 1 heterocycles. The van der Waals surface area contributed by atoms with Gasteiger partial charge >= 0.3 is 5.97 Å². The number of nitrogens with zero attached hydrogens (tertiary/aromatic N) is 3. The summed E-state index contributed by atoms with van der Waals surface area (Å²) >= 11 is 0. The molecule has 0 unspecified atom stereocenters. The van der Waals surface area contributed by atoms with Crippen LogP contribution in [0.15, 0.2) is 71.5 Å². The maximum absolute atomic E-state index is 11.9. The maximum atomic E-state index is 11.9. The highest BCUT2D eigenvalue weighted by Crippen LogP contribution is 2.36. The molecule has 7 nitrogen and oxygen atoms in total. The third-order valence-electron chi connectivity index (χ3n) is 4.46. The number of nitro benzene ring substituents is 1. The highest BCUT2D eigenvalue weighted by molar-refractivity contribution is 6.02. The highest BCUT2D eigenvalue weighted by atomic mass is 16.6. The first kappa shape index (κ1) is 19.3. The van der Waals surface area contributed by atoms with Gasteiger partial charge in [-0.25, -0.2) is 4.79 Å². The standard InChI is InChI=1S/C21H21N3O4/c1-3-28-21(25)12-15(2)23-20(17-10-7-11-18(13-17)24(26)27)14-19(22-23)16-8-5-4-6-9-16/h4-13,20H,3,14H2,1-2H3/b15-12+/t20-/m1/s1. The topological polar surface area (TPSA) is 85.0 Å². The van der Waals surface area contributed by atoms with Crippen molar-refractivity contribution < 1.29 is 14.5 Å². The lowest BCUT2D eigenvalue weighted by Crippen LogP contribution is -2.19. The summed E-state index contributed by atoms with van der Waals surface area (Å²) in [7, 11) is 0. The molecular weight excluding hydrogens is 358 g/mol. The van der Waals surface area contributed by atoms with Gasteiger partial charge in [0.05, 0.1) is 23.3 Å². The number of carbonyl (C=O) groups is 1. The summed E-state index contributed by atoms with van der Waals surface area (Å²) < 4.78 is 5.00. The van der Waals surface area contributed by atoms with Crippen LogP contribution in [0.25, 0.3) is 0 Å². The molecule has 2 aromatic rings. The lowest BCUT2D eigenvalue weighted by atomic mass is 9.98. The molecule has 0 aromatic heterocycles. The van der Waals surface area contributed by atoms with Crippen LogP contribution in [0.1, 0.15) is 37.4 Å². The van der Waals surface area contributed by atoms with Gasteiger partial charge in [0.25, 0.3) is 5.69 Å². The minimum Gasteiger partial charge on any atom is -0.463 e. The van der Waals surface area contributed by atoms with Gasteiger partial charge in [0.15, 0.2) is 0 Å². The second-order valence-corrected chi connectivity index (χ2v) is 6.37. The van der Waals surface area contributed by atoms with Crippen LogP contribution in [0.5, 0.6) is 0 Å². The van der Waals surface area contributed by atoms with Crippen molar-refractivity contribution in [1.29, 1.82) is 0 Å². The predicted octanol–water partition coefficient (Wildman–Crippen LogP) is 4.21. The second-order valence-electron chi connectivity index (χ2n) is 6.37. The fraction of sp³-hybridized carbons (Fsp3) is 0.238. The lowest BCUT2D eigenvalue weighted by Gasteiger charge is -2.24. The van der Waals surface area contributed by atoms with Crippen LogP contribution in [-0.2, 0) is 9.53 Å². The Balaban J connectivity index is 1.99. The largest absolute Gasteiger partial charge is 0.463 e. The van der Waals surface area contributed by atoms with Gasteiger partial charge in [-0.15, -0.1) is 0 Å². The molecule has 144 valence electrons. The maximum Gasteiger partial charge on any atom is 0.332 e. The van der Waals surface area contributed by atoms with Crippen molar-refractivity contribution in [3.63, 3.8) is 0 Å². The Hall–Kier alpha value is -3.48. The van der Waals surface area contributed by atoms with E-state index in [0.29, 0.717) is 12.1 Å². The van der Waals surface area contributed by atoms with Crippen LogP contribution in [0.4, 0.5) is 5.69 Å². The molecule has 1 atom stereocenters. The van der Waals surface area contributed by atoms with Gasteiger partial charge < -0.3 is 4.74 Å². The van der Waals surface area contributed by atoms with E-state index < -0.39 is 10.9 Å². The monoisotopic (exact) mass is 379 g/mol. The number of non-ortho nitro benzene ring substituents is 1. The first-order valence-corrected chi connectivity index (χ1v) is 9.01. The average molecular weight is 379 g/mol. The van der Waals surface area contributed by atoms with Crippen LogP contribution >= 0.6 is 0 Å². The molecule has 0 spiro atoms. The smallest absolute Gasteiger partial charge is 0.332 e. The van der Waals surface area contributed by atoms with E-state index in [1.165, 1.54) is 12.1 Å². The number of carbonyl (C=O) groups excluding carboxylic acids is 1. The van der Waals surface area contributed by atoms with E-state index in [9.17, 15) is 14.9 Å². The third-order valence-corrected chi connectivity index (χ3v) is 4.46. The molecular formula is C21H21N3O4. The molecule has 1 aliphatic heterocycles. The Labute approximate surface area is 163 Å². The normalized spacial score (nSPS) is 16.6. The molecule has 0 radical (unpaired) electrons. The van der Waals surface area contributed by atoms with Gasteiger partial charge in [0.2, 0.25) is 0 Å².